The van der Waals surface area contributed by atoms with E-state index in [1.807, 2.05) is 0 Å². The van der Waals surface area contributed by atoms with Gasteiger partial charge in [0.05, 0.1) is 14.2 Å². The SMILES string of the molecule is COc1ccc(N=Nc2c(F)c(F)c(F)c(F)c2F)c(OC)c1. The Hall–Kier alpha value is -2.71. The third-order valence-electron chi connectivity index (χ3n) is 2.83. The maximum atomic E-state index is 13.5. The molecule has 2 aromatic rings. The number of nitrogens with zero attached hydrogens (tertiary/aromatic N) is 2. The fourth-order valence-corrected chi connectivity index (χ4v) is 1.65. The molecular formula is C14H9F5N2O2. The van der Waals surface area contributed by atoms with E-state index in [2.05, 4.69) is 10.2 Å². The van der Waals surface area contributed by atoms with E-state index in [0.29, 0.717) is 5.75 Å². The van der Waals surface area contributed by atoms with Crippen molar-refractivity contribution >= 4 is 11.4 Å². The smallest absolute Gasteiger partial charge is 0.200 e. The molecule has 9 heteroatoms. The van der Waals surface area contributed by atoms with Gasteiger partial charge in [0.15, 0.2) is 29.0 Å². The van der Waals surface area contributed by atoms with Crippen molar-refractivity contribution in [2.24, 2.45) is 10.2 Å². The van der Waals surface area contributed by atoms with Gasteiger partial charge in [-0.3, -0.25) is 0 Å². The second kappa shape index (κ2) is 6.59. The molecule has 0 fully saturated rings. The molecule has 0 heterocycles. The first-order chi connectivity index (χ1) is 10.9. The summed E-state index contributed by atoms with van der Waals surface area (Å²) in [5, 5.41) is 6.57. The average molecular weight is 332 g/mol. The van der Waals surface area contributed by atoms with Crippen LogP contribution in [0.1, 0.15) is 0 Å². The summed E-state index contributed by atoms with van der Waals surface area (Å²) in [6.45, 7) is 0. The molecule has 0 aliphatic rings. The van der Waals surface area contributed by atoms with Gasteiger partial charge in [-0.1, -0.05) is 0 Å². The first-order valence-electron chi connectivity index (χ1n) is 6.05. The van der Waals surface area contributed by atoms with Crippen LogP contribution in [-0.4, -0.2) is 14.2 Å². The minimum Gasteiger partial charge on any atom is -0.497 e. The molecule has 23 heavy (non-hydrogen) atoms. The predicted molar refractivity (Wildman–Crippen MR) is 70.0 cm³/mol. The molecule has 0 saturated carbocycles. The van der Waals surface area contributed by atoms with Crippen molar-refractivity contribution in [1.82, 2.24) is 0 Å². The molecule has 0 aliphatic heterocycles. The van der Waals surface area contributed by atoms with Gasteiger partial charge >= 0.3 is 0 Å². The molecule has 0 unspecified atom stereocenters. The monoisotopic (exact) mass is 332 g/mol. The lowest BCUT2D eigenvalue weighted by atomic mass is 10.2. The standard InChI is InChI=1S/C14H9F5N2O2/c1-22-6-3-4-7(8(5-6)23-2)20-21-14-12(18)10(16)9(15)11(17)13(14)19/h3-5H,1-2H3. The Labute approximate surface area is 127 Å². The largest absolute Gasteiger partial charge is 0.497 e. The zero-order valence-corrected chi connectivity index (χ0v) is 11.8. The van der Waals surface area contributed by atoms with Gasteiger partial charge in [-0.05, 0) is 12.1 Å². The van der Waals surface area contributed by atoms with Crippen molar-refractivity contribution in [1.29, 1.82) is 0 Å². The van der Waals surface area contributed by atoms with Crippen molar-refractivity contribution in [3.63, 3.8) is 0 Å². The molecular weight excluding hydrogens is 323 g/mol. The molecule has 0 radical (unpaired) electrons. The first-order valence-corrected chi connectivity index (χ1v) is 6.05. The average Bonchev–Trinajstić information content (AvgIpc) is 2.58. The zero-order chi connectivity index (χ0) is 17.1. The highest BCUT2D eigenvalue weighted by Crippen LogP contribution is 2.35. The van der Waals surface area contributed by atoms with Gasteiger partial charge < -0.3 is 9.47 Å². The summed E-state index contributed by atoms with van der Waals surface area (Å²) in [5.41, 5.74) is -1.38. The second-order valence-corrected chi connectivity index (χ2v) is 4.16. The predicted octanol–water partition coefficient (Wildman–Crippen LogP) is 4.81. The summed E-state index contributed by atoms with van der Waals surface area (Å²) >= 11 is 0. The minimum absolute atomic E-state index is 0.0113. The highest BCUT2D eigenvalue weighted by Gasteiger charge is 2.25. The summed E-state index contributed by atoms with van der Waals surface area (Å²) in [5.74, 6) is -10.1. The van der Waals surface area contributed by atoms with Gasteiger partial charge in [0, 0.05) is 6.07 Å². The zero-order valence-electron chi connectivity index (χ0n) is 11.8. The molecule has 0 spiro atoms. The van der Waals surface area contributed by atoms with E-state index in [1.165, 1.54) is 32.4 Å². The van der Waals surface area contributed by atoms with Crippen LogP contribution in [0.2, 0.25) is 0 Å². The van der Waals surface area contributed by atoms with Crippen molar-refractivity contribution in [2.75, 3.05) is 14.2 Å². The van der Waals surface area contributed by atoms with Crippen LogP contribution in [0, 0.1) is 29.1 Å². The number of hydrogen-bond acceptors (Lipinski definition) is 4. The van der Waals surface area contributed by atoms with Gasteiger partial charge in [-0.15, -0.1) is 10.2 Å². The summed E-state index contributed by atoms with van der Waals surface area (Å²) in [4.78, 5) is 0. The fraction of sp³-hybridized carbons (Fsp3) is 0.143. The minimum atomic E-state index is -2.26. The maximum Gasteiger partial charge on any atom is 0.200 e. The van der Waals surface area contributed by atoms with Crippen LogP contribution in [-0.2, 0) is 0 Å². The summed E-state index contributed by atoms with van der Waals surface area (Å²) in [7, 11) is 2.71. The van der Waals surface area contributed by atoms with Crippen LogP contribution in [0.4, 0.5) is 33.3 Å². The Balaban J connectivity index is 2.50. The van der Waals surface area contributed by atoms with Crippen LogP contribution in [0.3, 0.4) is 0 Å². The van der Waals surface area contributed by atoms with E-state index in [-0.39, 0.29) is 11.4 Å². The molecule has 0 bridgehead atoms. The van der Waals surface area contributed by atoms with Crippen LogP contribution < -0.4 is 9.47 Å². The van der Waals surface area contributed by atoms with Crippen LogP contribution in [0.25, 0.3) is 0 Å². The lowest BCUT2D eigenvalue weighted by molar-refractivity contribution is 0.380. The molecule has 0 aromatic heterocycles. The van der Waals surface area contributed by atoms with Crippen molar-refractivity contribution < 1.29 is 31.4 Å². The van der Waals surface area contributed by atoms with Crippen LogP contribution in [0.5, 0.6) is 11.5 Å². The van der Waals surface area contributed by atoms with E-state index in [9.17, 15) is 22.0 Å². The lowest BCUT2D eigenvalue weighted by Gasteiger charge is -2.06. The summed E-state index contributed by atoms with van der Waals surface area (Å²) in [6.07, 6.45) is 0. The van der Waals surface area contributed by atoms with Crippen molar-refractivity contribution in [3.05, 3.63) is 47.3 Å². The Morgan fingerprint density at radius 1 is 0.739 bits per heavy atom. The van der Waals surface area contributed by atoms with Crippen LogP contribution in [0.15, 0.2) is 28.4 Å². The molecule has 0 saturated heterocycles. The summed E-state index contributed by atoms with van der Waals surface area (Å²) < 4.78 is 75.9. The molecule has 0 atom stereocenters. The van der Waals surface area contributed by atoms with E-state index in [4.69, 9.17) is 9.47 Å². The number of azo groups is 1. The highest BCUT2D eigenvalue weighted by atomic mass is 19.2. The molecule has 2 rings (SSSR count). The molecule has 122 valence electrons. The number of methoxy groups -OCH3 is 2. The second-order valence-electron chi connectivity index (χ2n) is 4.16. The number of rotatable bonds is 4. The van der Waals surface area contributed by atoms with Gasteiger partial charge in [0.2, 0.25) is 5.82 Å². The molecule has 4 nitrogen and oxygen atoms in total. The topological polar surface area (TPSA) is 43.2 Å². The van der Waals surface area contributed by atoms with E-state index < -0.39 is 34.8 Å². The van der Waals surface area contributed by atoms with Crippen LogP contribution >= 0.6 is 0 Å². The number of benzene rings is 2. The molecule has 0 N–H and O–H groups in total. The Kier molecular flexibility index (Phi) is 4.77. The molecule has 0 aliphatic carbocycles. The van der Waals surface area contributed by atoms with Gasteiger partial charge in [-0.2, -0.15) is 0 Å². The van der Waals surface area contributed by atoms with Crippen molar-refractivity contribution in [3.8, 4) is 11.5 Å². The quantitative estimate of drug-likeness (QED) is 0.349. The lowest BCUT2D eigenvalue weighted by Crippen LogP contribution is -2.00. The van der Waals surface area contributed by atoms with E-state index >= 15 is 0 Å². The fourth-order valence-electron chi connectivity index (χ4n) is 1.65. The first kappa shape index (κ1) is 16.7. The Morgan fingerprint density at radius 2 is 1.30 bits per heavy atom. The number of hydrogen-bond donors (Lipinski definition) is 0. The Morgan fingerprint density at radius 3 is 1.83 bits per heavy atom. The summed E-state index contributed by atoms with van der Waals surface area (Å²) in [6, 6.07) is 4.20. The third kappa shape index (κ3) is 3.08. The van der Waals surface area contributed by atoms with Gasteiger partial charge in [0.1, 0.15) is 17.2 Å². The molecule has 2 aromatic carbocycles. The number of ether oxygens (including phenoxy) is 2. The van der Waals surface area contributed by atoms with Gasteiger partial charge in [-0.25, -0.2) is 22.0 Å². The third-order valence-corrected chi connectivity index (χ3v) is 2.83. The molecule has 0 amide bonds. The Bertz CT molecular complexity index is 751. The van der Waals surface area contributed by atoms with E-state index in [1.54, 1.807) is 0 Å². The van der Waals surface area contributed by atoms with E-state index in [0.717, 1.165) is 0 Å². The highest BCUT2D eigenvalue weighted by molar-refractivity contribution is 5.55. The van der Waals surface area contributed by atoms with Crippen molar-refractivity contribution in [2.45, 2.75) is 0 Å². The maximum absolute atomic E-state index is 13.5. The normalized spacial score (nSPS) is 11.1. The van der Waals surface area contributed by atoms with Gasteiger partial charge in [0.25, 0.3) is 0 Å². The number of halogens is 5.